The van der Waals surface area contributed by atoms with Gasteiger partial charge in [0.25, 0.3) is 0 Å². The number of esters is 1. The van der Waals surface area contributed by atoms with Crippen molar-refractivity contribution < 1.29 is 22.7 Å². The van der Waals surface area contributed by atoms with Crippen molar-refractivity contribution in [2.45, 2.75) is 19.0 Å². The highest BCUT2D eigenvalue weighted by Crippen LogP contribution is 2.31. The molecule has 0 aromatic carbocycles. The van der Waals surface area contributed by atoms with Crippen molar-refractivity contribution in [1.29, 1.82) is 0 Å². The van der Waals surface area contributed by atoms with Crippen LogP contribution >= 0.6 is 0 Å². The molecule has 0 aliphatic heterocycles. The third-order valence-electron chi connectivity index (χ3n) is 2.91. The number of aryl methyl sites for hydroxylation is 1. The average molecular weight is 310 g/mol. The van der Waals surface area contributed by atoms with Crippen molar-refractivity contribution in [1.82, 2.24) is 9.97 Å². The van der Waals surface area contributed by atoms with Gasteiger partial charge in [-0.1, -0.05) is 6.07 Å². The molecule has 0 amide bonds. The first kappa shape index (κ1) is 15.9. The molecule has 0 aliphatic rings. The van der Waals surface area contributed by atoms with Crippen LogP contribution in [0.15, 0.2) is 43.0 Å². The summed E-state index contributed by atoms with van der Waals surface area (Å²) < 4.78 is 43.2. The van der Waals surface area contributed by atoms with Crippen molar-refractivity contribution in [2.75, 3.05) is 6.61 Å². The molecule has 0 spiro atoms. The second-order valence-electron chi connectivity index (χ2n) is 4.52. The van der Waals surface area contributed by atoms with Gasteiger partial charge >= 0.3 is 12.1 Å². The van der Waals surface area contributed by atoms with Gasteiger partial charge in [0.05, 0.1) is 17.7 Å². The molecule has 0 N–H and O–H groups in total. The smallest absolute Gasteiger partial charge is 0.418 e. The molecule has 0 radical (unpaired) electrons. The first-order valence-corrected chi connectivity index (χ1v) is 6.55. The summed E-state index contributed by atoms with van der Waals surface area (Å²) in [6.07, 6.45) is 1.57. The number of carbonyl (C=O) groups is 1. The van der Waals surface area contributed by atoms with Crippen LogP contribution in [0.25, 0.3) is 0 Å². The minimum absolute atomic E-state index is 0.0351. The molecular weight excluding hydrogens is 297 g/mol. The van der Waals surface area contributed by atoms with Crippen LogP contribution < -0.4 is 0 Å². The van der Waals surface area contributed by atoms with Gasteiger partial charge in [0, 0.05) is 24.8 Å². The van der Waals surface area contributed by atoms with E-state index < -0.39 is 23.3 Å². The lowest BCUT2D eigenvalue weighted by molar-refractivity contribution is -0.138. The Bertz CT molecular complexity index is 630. The number of halogens is 3. The summed E-state index contributed by atoms with van der Waals surface area (Å²) in [5.74, 6) is -0.999. The van der Waals surface area contributed by atoms with E-state index in [0.717, 1.165) is 17.8 Å². The van der Waals surface area contributed by atoms with Crippen LogP contribution in [0.4, 0.5) is 13.2 Å². The summed E-state index contributed by atoms with van der Waals surface area (Å²) in [5.41, 5.74) is -0.644. The van der Waals surface area contributed by atoms with Gasteiger partial charge in [-0.2, -0.15) is 13.2 Å². The van der Waals surface area contributed by atoms with E-state index in [4.69, 9.17) is 4.74 Å². The van der Waals surface area contributed by atoms with E-state index >= 15 is 0 Å². The molecule has 0 fully saturated rings. The standard InChI is InChI=1S/C15H13F3N2O2/c16-15(17,18)13-10-20-7-5-12(13)14(21)22-8-2-4-11-3-1-6-19-9-11/h1,3,5-7,9-10H,2,4,8H2. The maximum atomic E-state index is 12.8. The monoisotopic (exact) mass is 310 g/mol. The van der Waals surface area contributed by atoms with Crippen LogP contribution in [-0.4, -0.2) is 22.5 Å². The highest BCUT2D eigenvalue weighted by molar-refractivity contribution is 5.91. The fraction of sp³-hybridized carbons (Fsp3) is 0.267. The van der Waals surface area contributed by atoms with Gasteiger partial charge in [0.1, 0.15) is 0 Å². The summed E-state index contributed by atoms with van der Waals surface area (Å²) >= 11 is 0. The molecule has 0 saturated heterocycles. The molecule has 0 unspecified atom stereocenters. The molecule has 2 aromatic heterocycles. The second-order valence-corrected chi connectivity index (χ2v) is 4.52. The Morgan fingerprint density at radius 3 is 2.59 bits per heavy atom. The van der Waals surface area contributed by atoms with Crippen LogP contribution in [0.5, 0.6) is 0 Å². The number of hydrogen-bond donors (Lipinski definition) is 0. The molecule has 0 aliphatic carbocycles. The van der Waals surface area contributed by atoms with E-state index in [2.05, 4.69) is 9.97 Å². The molecular formula is C15H13F3N2O2. The largest absolute Gasteiger partial charge is 0.462 e. The van der Waals surface area contributed by atoms with Crippen molar-refractivity contribution in [3.05, 3.63) is 59.7 Å². The van der Waals surface area contributed by atoms with E-state index in [1.807, 2.05) is 6.07 Å². The number of pyridine rings is 2. The van der Waals surface area contributed by atoms with Crippen LogP contribution in [0.2, 0.25) is 0 Å². The molecule has 7 heteroatoms. The van der Waals surface area contributed by atoms with Crippen molar-refractivity contribution >= 4 is 5.97 Å². The normalized spacial score (nSPS) is 11.2. The van der Waals surface area contributed by atoms with Crippen molar-refractivity contribution in [3.63, 3.8) is 0 Å². The van der Waals surface area contributed by atoms with Crippen molar-refractivity contribution in [2.24, 2.45) is 0 Å². The van der Waals surface area contributed by atoms with E-state index in [-0.39, 0.29) is 6.61 Å². The Morgan fingerprint density at radius 2 is 1.91 bits per heavy atom. The number of aromatic nitrogens is 2. The zero-order valence-corrected chi connectivity index (χ0v) is 11.5. The maximum absolute atomic E-state index is 12.8. The summed E-state index contributed by atoms with van der Waals surface area (Å²) in [7, 11) is 0. The molecule has 2 heterocycles. The quantitative estimate of drug-likeness (QED) is 0.628. The van der Waals surface area contributed by atoms with Crippen LogP contribution in [-0.2, 0) is 17.3 Å². The molecule has 2 rings (SSSR count). The average Bonchev–Trinajstić information content (AvgIpc) is 2.51. The van der Waals surface area contributed by atoms with Gasteiger partial charge in [0.2, 0.25) is 0 Å². The lowest BCUT2D eigenvalue weighted by Crippen LogP contribution is -2.16. The van der Waals surface area contributed by atoms with Gasteiger partial charge in [0.15, 0.2) is 0 Å². The molecule has 0 atom stereocenters. The van der Waals surface area contributed by atoms with E-state index in [9.17, 15) is 18.0 Å². The van der Waals surface area contributed by atoms with Gasteiger partial charge in [-0.3, -0.25) is 9.97 Å². The topological polar surface area (TPSA) is 52.1 Å². The molecule has 0 saturated carbocycles. The van der Waals surface area contributed by atoms with Crippen LogP contribution in [0.3, 0.4) is 0 Å². The van der Waals surface area contributed by atoms with E-state index in [1.54, 1.807) is 18.5 Å². The molecule has 22 heavy (non-hydrogen) atoms. The Morgan fingerprint density at radius 1 is 1.14 bits per heavy atom. The molecule has 4 nitrogen and oxygen atoms in total. The number of carbonyl (C=O) groups excluding carboxylic acids is 1. The zero-order valence-electron chi connectivity index (χ0n) is 11.5. The lowest BCUT2D eigenvalue weighted by atomic mass is 10.1. The summed E-state index contributed by atoms with van der Waals surface area (Å²) in [5, 5.41) is 0. The highest BCUT2D eigenvalue weighted by atomic mass is 19.4. The number of rotatable bonds is 5. The Balaban J connectivity index is 1.91. The third-order valence-corrected chi connectivity index (χ3v) is 2.91. The maximum Gasteiger partial charge on any atom is 0.418 e. The van der Waals surface area contributed by atoms with Gasteiger partial charge < -0.3 is 4.74 Å². The number of ether oxygens (including phenoxy) is 1. The lowest BCUT2D eigenvalue weighted by Gasteiger charge is -2.11. The van der Waals surface area contributed by atoms with E-state index in [0.29, 0.717) is 19.0 Å². The Kier molecular flexibility index (Phi) is 5.08. The first-order valence-electron chi connectivity index (χ1n) is 6.55. The molecule has 116 valence electrons. The zero-order chi connectivity index (χ0) is 16.0. The fourth-order valence-electron chi connectivity index (χ4n) is 1.86. The highest BCUT2D eigenvalue weighted by Gasteiger charge is 2.35. The predicted molar refractivity (Wildman–Crippen MR) is 72.1 cm³/mol. The first-order chi connectivity index (χ1) is 10.5. The Hall–Kier alpha value is -2.44. The molecule has 0 bridgehead atoms. The minimum Gasteiger partial charge on any atom is -0.462 e. The summed E-state index contributed by atoms with van der Waals surface area (Å²) in [6.45, 7) is 0.0351. The number of nitrogens with zero attached hydrogens (tertiary/aromatic N) is 2. The van der Waals surface area contributed by atoms with Gasteiger partial charge in [-0.15, -0.1) is 0 Å². The van der Waals surface area contributed by atoms with Crippen LogP contribution in [0, 0.1) is 0 Å². The number of alkyl halides is 3. The van der Waals surface area contributed by atoms with Gasteiger partial charge in [-0.05, 0) is 30.5 Å². The minimum atomic E-state index is -4.64. The number of hydrogen-bond acceptors (Lipinski definition) is 4. The Labute approximate surface area is 125 Å². The van der Waals surface area contributed by atoms with Crippen LogP contribution in [0.1, 0.15) is 27.9 Å². The third kappa shape index (κ3) is 4.28. The SMILES string of the molecule is O=C(OCCCc1cccnc1)c1ccncc1C(F)(F)F. The predicted octanol–water partition coefficient (Wildman–Crippen LogP) is 3.29. The van der Waals surface area contributed by atoms with Gasteiger partial charge in [-0.25, -0.2) is 4.79 Å². The summed E-state index contributed by atoms with van der Waals surface area (Å²) in [6, 6.07) is 4.67. The fourth-order valence-corrected chi connectivity index (χ4v) is 1.86. The summed E-state index contributed by atoms with van der Waals surface area (Å²) in [4.78, 5) is 19.1. The van der Waals surface area contributed by atoms with Crippen molar-refractivity contribution in [3.8, 4) is 0 Å². The molecule has 2 aromatic rings. The second kappa shape index (κ2) is 7.02. The van der Waals surface area contributed by atoms with E-state index in [1.165, 1.54) is 0 Å².